The number of thiophene rings is 1. The summed E-state index contributed by atoms with van der Waals surface area (Å²) in [6, 6.07) is 4.76. The van der Waals surface area contributed by atoms with Crippen LogP contribution in [0.3, 0.4) is 0 Å². The van der Waals surface area contributed by atoms with E-state index in [0.29, 0.717) is 31.5 Å². The van der Waals surface area contributed by atoms with Crippen molar-refractivity contribution in [1.82, 2.24) is 9.38 Å². The Morgan fingerprint density at radius 3 is 2.89 bits per heavy atom. The number of methoxy groups -OCH3 is 1. The number of fused-ring (bicyclic) bond motifs is 2. The molecule has 138 valence electrons. The summed E-state index contributed by atoms with van der Waals surface area (Å²) in [5.41, 5.74) is 0.138. The Bertz CT molecular complexity index is 1250. The van der Waals surface area contributed by atoms with E-state index in [-0.39, 0.29) is 22.1 Å². The Balaban J connectivity index is 1.61. The molecule has 4 aromatic rings. The van der Waals surface area contributed by atoms with Crippen molar-refractivity contribution in [2.75, 3.05) is 7.11 Å². The lowest BCUT2D eigenvalue weighted by Gasteiger charge is -2.03. The van der Waals surface area contributed by atoms with Crippen LogP contribution in [-0.4, -0.2) is 22.5 Å². The van der Waals surface area contributed by atoms with E-state index in [4.69, 9.17) is 32.7 Å². The van der Waals surface area contributed by atoms with Crippen LogP contribution >= 0.6 is 45.9 Å². The summed E-state index contributed by atoms with van der Waals surface area (Å²) < 4.78 is 12.6. The second-order valence-electron chi connectivity index (χ2n) is 5.42. The first kappa shape index (κ1) is 18.2. The second-order valence-corrected chi connectivity index (χ2v) is 8.07. The summed E-state index contributed by atoms with van der Waals surface area (Å²) in [6.45, 7) is -0.135. The summed E-state index contributed by atoms with van der Waals surface area (Å²) in [6.07, 6.45) is 1.64. The van der Waals surface area contributed by atoms with Gasteiger partial charge in [0.1, 0.15) is 22.3 Å². The Hall–Kier alpha value is -2.13. The van der Waals surface area contributed by atoms with Crippen LogP contribution in [0.25, 0.3) is 15.0 Å². The van der Waals surface area contributed by atoms with Gasteiger partial charge in [-0.25, -0.2) is 9.78 Å². The molecule has 0 fully saturated rings. The fourth-order valence-corrected chi connectivity index (χ4v) is 5.05. The van der Waals surface area contributed by atoms with Gasteiger partial charge in [-0.2, -0.15) is 0 Å². The maximum atomic E-state index is 12.5. The molecule has 0 aliphatic carbocycles. The van der Waals surface area contributed by atoms with Crippen molar-refractivity contribution in [3.8, 4) is 5.75 Å². The quantitative estimate of drug-likeness (QED) is 0.432. The summed E-state index contributed by atoms with van der Waals surface area (Å²) in [5, 5.41) is 3.06. The Labute approximate surface area is 170 Å². The van der Waals surface area contributed by atoms with Crippen LogP contribution in [0.4, 0.5) is 0 Å². The van der Waals surface area contributed by atoms with E-state index in [1.54, 1.807) is 23.7 Å². The van der Waals surface area contributed by atoms with Crippen LogP contribution in [-0.2, 0) is 11.3 Å². The van der Waals surface area contributed by atoms with E-state index in [2.05, 4.69) is 4.98 Å². The van der Waals surface area contributed by atoms with E-state index < -0.39 is 5.97 Å². The van der Waals surface area contributed by atoms with Gasteiger partial charge < -0.3 is 9.47 Å². The van der Waals surface area contributed by atoms with Gasteiger partial charge in [0.25, 0.3) is 5.56 Å². The van der Waals surface area contributed by atoms with Gasteiger partial charge >= 0.3 is 5.97 Å². The van der Waals surface area contributed by atoms with Crippen molar-refractivity contribution in [3.63, 3.8) is 0 Å². The highest BCUT2D eigenvalue weighted by Gasteiger charge is 2.21. The van der Waals surface area contributed by atoms with Crippen LogP contribution in [0, 0.1) is 0 Å². The first-order valence-corrected chi connectivity index (χ1v) is 10.0. The van der Waals surface area contributed by atoms with E-state index >= 15 is 0 Å². The Morgan fingerprint density at radius 1 is 1.30 bits per heavy atom. The summed E-state index contributed by atoms with van der Waals surface area (Å²) >= 11 is 15.1. The molecule has 6 nitrogen and oxygen atoms in total. The first-order chi connectivity index (χ1) is 13.0. The van der Waals surface area contributed by atoms with E-state index in [9.17, 15) is 9.59 Å². The van der Waals surface area contributed by atoms with Gasteiger partial charge in [0, 0.05) is 23.0 Å². The van der Waals surface area contributed by atoms with Crippen molar-refractivity contribution < 1.29 is 14.3 Å². The van der Waals surface area contributed by atoms with Crippen molar-refractivity contribution >= 4 is 66.9 Å². The lowest BCUT2D eigenvalue weighted by Crippen LogP contribution is -2.14. The SMILES string of the molecule is COc1ccc2c(Cl)c(C(=O)OCc3cc(=O)n4ccsc4n3)sc2c1Cl. The molecule has 0 N–H and O–H groups in total. The number of thiazole rings is 1. The molecule has 0 unspecified atom stereocenters. The number of carbonyl (C=O) groups excluding carboxylic acids is 1. The van der Waals surface area contributed by atoms with Crippen LogP contribution in [0.2, 0.25) is 10.0 Å². The maximum Gasteiger partial charge on any atom is 0.350 e. The van der Waals surface area contributed by atoms with Crippen molar-refractivity contribution in [2.24, 2.45) is 0 Å². The van der Waals surface area contributed by atoms with Crippen LogP contribution in [0.5, 0.6) is 5.75 Å². The molecule has 0 radical (unpaired) electrons. The zero-order valence-electron chi connectivity index (χ0n) is 13.7. The third kappa shape index (κ3) is 3.19. The van der Waals surface area contributed by atoms with Crippen LogP contribution in [0.1, 0.15) is 15.4 Å². The van der Waals surface area contributed by atoms with Crippen molar-refractivity contribution in [1.29, 1.82) is 0 Å². The average Bonchev–Trinajstić information content (AvgIpc) is 3.26. The summed E-state index contributed by atoms with van der Waals surface area (Å²) in [4.78, 5) is 29.5. The highest BCUT2D eigenvalue weighted by Crippen LogP contribution is 2.43. The minimum atomic E-state index is -0.607. The number of rotatable bonds is 4. The number of benzene rings is 1. The monoisotopic (exact) mass is 440 g/mol. The van der Waals surface area contributed by atoms with Crippen molar-refractivity contribution in [3.05, 3.63) is 60.7 Å². The number of nitrogens with zero attached hydrogens (tertiary/aromatic N) is 2. The summed E-state index contributed by atoms with van der Waals surface area (Å²) in [7, 11) is 1.51. The van der Waals surface area contributed by atoms with E-state index in [1.165, 1.54) is 28.9 Å². The van der Waals surface area contributed by atoms with Crippen LogP contribution in [0.15, 0.2) is 34.6 Å². The molecule has 1 aromatic carbocycles. The van der Waals surface area contributed by atoms with Gasteiger partial charge in [-0.05, 0) is 12.1 Å². The third-order valence-electron chi connectivity index (χ3n) is 3.81. The molecule has 4 rings (SSSR count). The molecular formula is C17H10Cl2N2O4S2. The molecule has 0 aliphatic heterocycles. The number of halogens is 2. The molecule has 0 saturated carbocycles. The predicted octanol–water partition coefficient (Wildman–Crippen LogP) is 4.64. The topological polar surface area (TPSA) is 69.9 Å². The highest BCUT2D eigenvalue weighted by molar-refractivity contribution is 7.22. The number of aromatic nitrogens is 2. The average molecular weight is 441 g/mol. The van der Waals surface area contributed by atoms with Gasteiger partial charge in [0.05, 0.1) is 22.5 Å². The zero-order chi connectivity index (χ0) is 19.1. The largest absolute Gasteiger partial charge is 0.495 e. The smallest absolute Gasteiger partial charge is 0.350 e. The number of hydrogen-bond acceptors (Lipinski definition) is 7. The highest BCUT2D eigenvalue weighted by atomic mass is 35.5. The van der Waals surface area contributed by atoms with Gasteiger partial charge in [0.15, 0.2) is 4.96 Å². The molecule has 3 heterocycles. The van der Waals surface area contributed by atoms with Gasteiger partial charge in [-0.1, -0.05) is 23.2 Å². The number of carbonyl (C=O) groups is 1. The fraction of sp³-hybridized carbons (Fsp3) is 0.118. The predicted molar refractivity (Wildman–Crippen MR) is 107 cm³/mol. The molecular weight excluding hydrogens is 431 g/mol. The molecule has 0 amide bonds. The molecule has 0 saturated heterocycles. The Morgan fingerprint density at radius 2 is 2.11 bits per heavy atom. The van der Waals surface area contributed by atoms with Crippen LogP contribution < -0.4 is 10.3 Å². The molecule has 0 spiro atoms. The van der Waals surface area contributed by atoms with E-state index in [0.717, 1.165) is 11.3 Å². The first-order valence-electron chi connectivity index (χ1n) is 7.57. The lowest BCUT2D eigenvalue weighted by atomic mass is 10.2. The molecule has 3 aromatic heterocycles. The molecule has 10 heteroatoms. The van der Waals surface area contributed by atoms with E-state index in [1.807, 2.05) is 0 Å². The number of hydrogen-bond donors (Lipinski definition) is 0. The molecule has 27 heavy (non-hydrogen) atoms. The molecule has 0 atom stereocenters. The fourth-order valence-electron chi connectivity index (χ4n) is 2.54. The van der Waals surface area contributed by atoms with Gasteiger partial charge in [-0.15, -0.1) is 22.7 Å². The van der Waals surface area contributed by atoms with Crippen molar-refractivity contribution in [2.45, 2.75) is 6.61 Å². The van der Waals surface area contributed by atoms with Gasteiger partial charge in [-0.3, -0.25) is 9.20 Å². The molecule has 0 bridgehead atoms. The number of esters is 1. The summed E-state index contributed by atoms with van der Waals surface area (Å²) in [5.74, 6) is -0.111. The minimum absolute atomic E-state index is 0.135. The lowest BCUT2D eigenvalue weighted by molar-refractivity contribution is 0.0474. The number of ether oxygens (including phenoxy) is 2. The second kappa shape index (κ2) is 7.12. The minimum Gasteiger partial charge on any atom is -0.495 e. The standard InChI is InChI=1S/C17H10Cl2N2O4S2/c1-24-10-3-2-9-12(18)15(27-14(9)13(10)19)16(23)25-7-8-6-11(22)21-4-5-26-17(21)20-8/h2-6H,7H2,1H3. The molecule has 0 aliphatic rings. The zero-order valence-corrected chi connectivity index (χ0v) is 16.8. The maximum absolute atomic E-state index is 12.5. The third-order valence-corrected chi connectivity index (χ3v) is 6.77. The Kier molecular flexibility index (Phi) is 4.81. The van der Waals surface area contributed by atoms with Gasteiger partial charge in [0.2, 0.25) is 0 Å². The normalized spacial score (nSPS) is 11.2.